The largest absolute Gasteiger partial charge is 0.357 e. The Kier molecular flexibility index (Phi) is 43.0. The van der Waals surface area contributed by atoms with Crippen molar-refractivity contribution >= 4 is 0 Å². The predicted molar refractivity (Wildman–Crippen MR) is 233 cm³/mol. The lowest BCUT2D eigenvalue weighted by Crippen LogP contribution is -2.56. The molecule has 0 aromatic carbocycles. The van der Waals surface area contributed by atoms with E-state index in [0.717, 1.165) is 183 Å². The first-order valence-electron chi connectivity index (χ1n) is 21.9. The second-order valence-corrected chi connectivity index (χ2v) is 14.5. The number of nitrogens with zero attached hydrogens (tertiary/aromatic N) is 4. The Morgan fingerprint density at radius 2 is 0.741 bits per heavy atom. The zero-order valence-corrected chi connectivity index (χ0v) is 35.8. The molecule has 16 nitrogen and oxygen atoms in total. The molecule has 0 radical (unpaired) electrons. The normalized spacial score (nSPS) is 12.7. The lowest BCUT2D eigenvalue weighted by molar-refractivity contribution is -0.368. The van der Waals surface area contributed by atoms with Gasteiger partial charge >= 0.3 is 0 Å². The molecule has 0 amide bonds. The summed E-state index contributed by atoms with van der Waals surface area (Å²) in [4.78, 5) is 10.1. The van der Waals surface area contributed by atoms with Crippen LogP contribution in [0.4, 0.5) is 0 Å². The van der Waals surface area contributed by atoms with Crippen LogP contribution in [0.5, 0.6) is 0 Å². The Morgan fingerprint density at radius 1 is 0.389 bits per heavy atom. The van der Waals surface area contributed by atoms with Gasteiger partial charge in [-0.3, -0.25) is 14.7 Å². The van der Waals surface area contributed by atoms with E-state index in [1.165, 1.54) is 25.7 Å². The van der Waals surface area contributed by atoms with Crippen LogP contribution in [-0.4, -0.2) is 230 Å². The fourth-order valence-electron chi connectivity index (χ4n) is 6.60. The third kappa shape index (κ3) is 35.8. The van der Waals surface area contributed by atoms with Crippen LogP contribution in [0.3, 0.4) is 0 Å². The van der Waals surface area contributed by atoms with Crippen molar-refractivity contribution in [3.8, 4) is 0 Å². The van der Waals surface area contributed by atoms with Gasteiger partial charge in [0.1, 0.15) is 0 Å². The van der Waals surface area contributed by atoms with Crippen LogP contribution < -0.4 is 65.5 Å². The second-order valence-electron chi connectivity index (χ2n) is 14.5. The first kappa shape index (κ1) is 53.4. The van der Waals surface area contributed by atoms with E-state index in [1.807, 2.05) is 14.1 Å². The van der Waals surface area contributed by atoms with E-state index in [9.17, 15) is 0 Å². The lowest BCUT2D eigenvalue weighted by Gasteiger charge is -2.25. The summed E-state index contributed by atoms with van der Waals surface area (Å²) >= 11 is 0. The Morgan fingerprint density at radius 3 is 1.13 bits per heavy atom. The van der Waals surface area contributed by atoms with Crippen molar-refractivity contribution in [2.75, 3.05) is 210 Å². The Hall–Kier alpha value is -0.640. The molecule has 0 saturated carbocycles. The van der Waals surface area contributed by atoms with Crippen LogP contribution in [0.25, 0.3) is 0 Å². The zero-order valence-electron chi connectivity index (χ0n) is 35.8. The van der Waals surface area contributed by atoms with Gasteiger partial charge in [0.25, 0.3) is 0 Å². The number of hydrogen-bond donors (Lipinski definition) is 12. The quantitative estimate of drug-likeness (QED) is 0.0263. The molecule has 17 N–H and O–H groups in total. The molecule has 0 saturated heterocycles. The summed E-state index contributed by atoms with van der Waals surface area (Å²) in [5.41, 5.74) is 21.3. The van der Waals surface area contributed by atoms with Crippen LogP contribution in [0.1, 0.15) is 32.6 Å². The number of nitrogens with two attached hydrogens (primary N) is 3. The maximum Gasteiger partial charge on any atom is 0.0869 e. The summed E-state index contributed by atoms with van der Waals surface area (Å²) in [6.07, 6.45) is 4.82. The van der Waals surface area contributed by atoms with E-state index in [1.54, 1.807) is 0 Å². The Labute approximate surface area is 333 Å². The maximum atomic E-state index is 5.80. The zero-order chi connectivity index (χ0) is 39.6. The van der Waals surface area contributed by atoms with E-state index >= 15 is 0 Å². The van der Waals surface area contributed by atoms with E-state index in [-0.39, 0.29) is 0 Å². The number of nitrogens with one attached hydrogen (secondary N) is 8. The van der Waals surface area contributed by atoms with Crippen LogP contribution in [0.2, 0.25) is 0 Å². The molecule has 0 aliphatic carbocycles. The highest BCUT2D eigenvalue weighted by Gasteiger charge is 2.10. The van der Waals surface area contributed by atoms with Gasteiger partial charge in [-0.05, 0) is 71.9 Å². The van der Waals surface area contributed by atoms with E-state index in [2.05, 4.69) is 74.8 Å². The lowest BCUT2D eigenvalue weighted by atomic mass is 9.97. The number of hydrogen-bond acceptors (Lipinski definition) is 15. The van der Waals surface area contributed by atoms with Crippen LogP contribution in [0.15, 0.2) is 0 Å². The van der Waals surface area contributed by atoms with Crippen molar-refractivity contribution in [1.29, 1.82) is 0 Å². The number of quaternary nitrogens is 1. The van der Waals surface area contributed by atoms with Gasteiger partial charge in [0.05, 0.1) is 6.54 Å². The molecule has 0 aliphatic heterocycles. The van der Waals surface area contributed by atoms with Gasteiger partial charge in [-0.15, -0.1) is 0 Å². The third-order valence-electron chi connectivity index (χ3n) is 9.88. The molecule has 0 heterocycles. The fourth-order valence-corrected chi connectivity index (χ4v) is 6.60. The van der Waals surface area contributed by atoms with Gasteiger partial charge in [-0.1, -0.05) is 6.92 Å². The van der Waals surface area contributed by atoms with Crippen LogP contribution in [-0.2, 0) is 0 Å². The maximum absolute atomic E-state index is 5.80. The van der Waals surface area contributed by atoms with Crippen molar-refractivity contribution < 1.29 is 5.73 Å². The fraction of sp³-hybridized carbons (Fsp3) is 1.00. The van der Waals surface area contributed by atoms with Crippen molar-refractivity contribution in [2.45, 2.75) is 32.6 Å². The van der Waals surface area contributed by atoms with Crippen molar-refractivity contribution in [2.24, 2.45) is 23.1 Å². The summed E-state index contributed by atoms with van der Waals surface area (Å²) in [6.45, 7) is 32.0. The molecular weight excluding hydrogens is 681 g/mol. The molecule has 326 valence electrons. The summed E-state index contributed by atoms with van der Waals surface area (Å²) in [5.74, 6) is 0.723. The minimum atomic E-state index is 0.675. The highest BCUT2D eigenvalue weighted by Crippen LogP contribution is 2.11. The van der Waals surface area contributed by atoms with Crippen molar-refractivity contribution in [1.82, 2.24) is 62.1 Å². The van der Waals surface area contributed by atoms with Gasteiger partial charge in [-0.25, -0.2) is 0 Å². The molecule has 16 heteroatoms. The minimum Gasteiger partial charge on any atom is -0.357 e. The molecule has 54 heavy (non-hydrogen) atoms. The first-order chi connectivity index (χ1) is 26.6. The third-order valence-corrected chi connectivity index (χ3v) is 9.88. The van der Waals surface area contributed by atoms with Crippen molar-refractivity contribution in [3.63, 3.8) is 0 Å². The summed E-state index contributed by atoms with van der Waals surface area (Å²) < 4.78 is 0. The topological polar surface area (TPSA) is 215 Å². The average Bonchev–Trinajstić information content (AvgIpc) is 3.17. The Bertz CT molecular complexity index is 706. The molecule has 0 aliphatic rings. The molecule has 0 spiro atoms. The van der Waals surface area contributed by atoms with Gasteiger partial charge in [0.15, 0.2) is 0 Å². The number of rotatable bonds is 46. The van der Waals surface area contributed by atoms with Gasteiger partial charge < -0.3 is 70.4 Å². The highest BCUT2D eigenvalue weighted by molar-refractivity contribution is 4.70. The predicted octanol–water partition coefficient (Wildman–Crippen LogP) is -4.51. The van der Waals surface area contributed by atoms with E-state index < -0.39 is 0 Å². The monoisotopic (exact) mass is 776 g/mol. The van der Waals surface area contributed by atoms with Crippen LogP contribution in [0, 0.1) is 5.92 Å². The Balaban J connectivity index is 4.65. The molecule has 0 aromatic rings. The van der Waals surface area contributed by atoms with Crippen molar-refractivity contribution in [3.05, 3.63) is 0 Å². The van der Waals surface area contributed by atoms with Gasteiger partial charge in [0, 0.05) is 164 Å². The van der Waals surface area contributed by atoms with E-state index in [4.69, 9.17) is 17.2 Å². The average molecular weight is 776 g/mol. The van der Waals surface area contributed by atoms with Gasteiger partial charge in [0.2, 0.25) is 0 Å². The molecule has 1 unspecified atom stereocenters. The standard InChI is InChI=1S/C38H94N16/c1-4-26-51(30-20-48-23-34-53(29-11-42)33-19-47-17-16-44-3)31-21-49-24-36-54(37-25-50-22-32-52(27-9-40)28-10-41)35-18-46-14-7-38(5-12-43-2)6-13-45-15-8-39/h38,43-50H,4-37,39-42H2,1-3H3/p+1. The SMILES string of the molecule is CCCN(CCNCCN(CC[NH3+])CCNCCNC)CCNCCN(CCNCCC(CCNC)CCNCCN)CCNCCN(CCN)CCN. The molecule has 0 aromatic heterocycles. The molecule has 1 atom stereocenters. The highest BCUT2D eigenvalue weighted by atomic mass is 15.2. The second kappa shape index (κ2) is 43.5. The van der Waals surface area contributed by atoms with E-state index in [0.29, 0.717) is 19.6 Å². The molecule has 0 rings (SSSR count). The summed E-state index contributed by atoms with van der Waals surface area (Å²) in [7, 11) is 4.04. The van der Waals surface area contributed by atoms with Crippen LogP contribution >= 0.6 is 0 Å². The van der Waals surface area contributed by atoms with Gasteiger partial charge in [-0.2, -0.15) is 0 Å². The molecular formula is C38H95N16+. The molecule has 0 bridgehead atoms. The smallest absolute Gasteiger partial charge is 0.0869 e. The summed E-state index contributed by atoms with van der Waals surface area (Å²) in [6, 6.07) is 0. The molecule has 0 fully saturated rings. The summed E-state index contributed by atoms with van der Waals surface area (Å²) in [5, 5.41) is 28.4. The number of likely N-dealkylation sites (N-methyl/N-ethyl adjacent to an activating group) is 1. The first-order valence-corrected chi connectivity index (χ1v) is 21.9. The minimum absolute atomic E-state index is 0.675.